The van der Waals surface area contributed by atoms with Gasteiger partial charge in [-0.15, -0.1) is 0 Å². The van der Waals surface area contributed by atoms with Gasteiger partial charge in [-0.1, -0.05) is 308 Å². The maximum absolute atomic E-state index is 12.9. The average Bonchev–Trinajstić information content (AvgIpc) is 3.35. The Balaban J connectivity index is 4.32. The summed E-state index contributed by atoms with van der Waals surface area (Å²) in [5.74, 6) is -0.859. The monoisotopic (exact) mass is 969 g/mol. The van der Waals surface area contributed by atoms with Crippen molar-refractivity contribution >= 4 is 17.9 Å². The lowest BCUT2D eigenvalue weighted by molar-refractivity contribution is -0.167. The number of esters is 3. The molecule has 0 aliphatic carbocycles. The van der Waals surface area contributed by atoms with E-state index in [0.29, 0.717) is 19.3 Å². The third-order valence-corrected chi connectivity index (χ3v) is 13.7. The van der Waals surface area contributed by atoms with E-state index in [1.807, 2.05) is 0 Å². The summed E-state index contributed by atoms with van der Waals surface area (Å²) in [5, 5.41) is 0. The standard InChI is InChI=1S/C63H116O6/c1-4-7-10-13-16-19-22-25-28-30-32-35-38-41-44-47-50-53-56-62(65)68-59-60(58-67-61(64)55-52-49-46-43-40-37-34-27-24-21-18-15-12-9-6-3)69-63(66)57-54-51-48-45-42-39-36-33-31-29-26-23-20-17-14-11-8-5-2/h9,12,15,18,21,24,60H,4-8,10-11,13-14,16-17,19-20,22-23,25-59H2,1-3H3/b12-9-,18-15-,24-21-. The summed E-state index contributed by atoms with van der Waals surface area (Å²) in [6, 6.07) is 0. The van der Waals surface area contributed by atoms with Crippen molar-refractivity contribution in [3.8, 4) is 0 Å². The Labute approximate surface area is 429 Å². The minimum absolute atomic E-state index is 0.0706. The summed E-state index contributed by atoms with van der Waals surface area (Å²) in [6.07, 6.45) is 70.0. The number of unbranched alkanes of at least 4 members (excludes halogenated alkanes) is 41. The Morgan fingerprint density at radius 1 is 0.304 bits per heavy atom. The molecule has 0 radical (unpaired) electrons. The zero-order chi connectivity index (χ0) is 50.0. The first-order valence-electron chi connectivity index (χ1n) is 30.5. The predicted molar refractivity (Wildman–Crippen MR) is 298 cm³/mol. The van der Waals surface area contributed by atoms with Gasteiger partial charge in [-0.2, -0.15) is 0 Å². The topological polar surface area (TPSA) is 78.9 Å². The number of hydrogen-bond acceptors (Lipinski definition) is 6. The summed E-state index contributed by atoms with van der Waals surface area (Å²) in [4.78, 5) is 38.2. The molecule has 0 aromatic carbocycles. The first-order valence-corrected chi connectivity index (χ1v) is 30.5. The fraction of sp³-hybridized carbons (Fsp3) is 0.857. The highest BCUT2D eigenvalue weighted by molar-refractivity contribution is 5.71. The van der Waals surface area contributed by atoms with Crippen LogP contribution in [-0.2, 0) is 28.6 Å². The predicted octanol–water partition coefficient (Wildman–Crippen LogP) is 20.4. The molecular formula is C63H116O6. The Morgan fingerprint density at radius 3 is 0.870 bits per heavy atom. The summed E-state index contributed by atoms with van der Waals surface area (Å²) in [5.41, 5.74) is 0. The molecule has 0 aliphatic rings. The quantitative estimate of drug-likeness (QED) is 0.0261. The highest BCUT2D eigenvalue weighted by Gasteiger charge is 2.19. The van der Waals surface area contributed by atoms with E-state index in [9.17, 15) is 14.4 Å². The minimum Gasteiger partial charge on any atom is -0.462 e. The highest BCUT2D eigenvalue weighted by Crippen LogP contribution is 2.18. The number of ether oxygens (including phenoxy) is 3. The van der Waals surface area contributed by atoms with E-state index >= 15 is 0 Å². The molecule has 0 aromatic rings. The number of rotatable bonds is 56. The Kier molecular flexibility index (Phi) is 56.2. The second-order valence-corrected chi connectivity index (χ2v) is 20.7. The van der Waals surface area contributed by atoms with Crippen LogP contribution in [0.15, 0.2) is 36.5 Å². The van der Waals surface area contributed by atoms with Crippen molar-refractivity contribution in [3.63, 3.8) is 0 Å². The summed E-state index contributed by atoms with van der Waals surface area (Å²) >= 11 is 0. The van der Waals surface area contributed by atoms with Gasteiger partial charge in [0.25, 0.3) is 0 Å². The maximum atomic E-state index is 12.9. The van der Waals surface area contributed by atoms with Gasteiger partial charge in [0.15, 0.2) is 6.10 Å². The number of hydrogen-bond donors (Lipinski definition) is 0. The Bertz CT molecular complexity index is 1160. The SMILES string of the molecule is CC\C=C/C=C\C=C/CCCCCCCCCC(=O)OCC(COC(=O)CCCCCCCCCCCCCCCCCCCC)OC(=O)CCCCCCCCCCCCCCCCCCCC. The molecule has 404 valence electrons. The minimum atomic E-state index is -0.773. The van der Waals surface area contributed by atoms with E-state index < -0.39 is 6.10 Å². The molecule has 0 saturated heterocycles. The van der Waals surface area contributed by atoms with Crippen LogP contribution in [0, 0.1) is 0 Å². The fourth-order valence-corrected chi connectivity index (χ4v) is 9.15. The van der Waals surface area contributed by atoms with Crippen molar-refractivity contribution < 1.29 is 28.6 Å². The van der Waals surface area contributed by atoms with Crippen molar-refractivity contribution in [2.75, 3.05) is 13.2 Å². The molecular weight excluding hydrogens is 853 g/mol. The van der Waals surface area contributed by atoms with Crippen molar-refractivity contribution in [3.05, 3.63) is 36.5 Å². The normalized spacial score (nSPS) is 12.2. The zero-order valence-corrected chi connectivity index (χ0v) is 46.3. The van der Waals surface area contributed by atoms with Gasteiger partial charge in [-0.3, -0.25) is 14.4 Å². The van der Waals surface area contributed by atoms with Crippen LogP contribution >= 0.6 is 0 Å². The van der Waals surface area contributed by atoms with Gasteiger partial charge < -0.3 is 14.2 Å². The van der Waals surface area contributed by atoms with Crippen LogP contribution < -0.4 is 0 Å². The van der Waals surface area contributed by atoms with Gasteiger partial charge in [0, 0.05) is 19.3 Å². The second-order valence-electron chi connectivity index (χ2n) is 20.7. The highest BCUT2D eigenvalue weighted by atomic mass is 16.6. The van der Waals surface area contributed by atoms with E-state index in [4.69, 9.17) is 14.2 Å². The molecule has 6 nitrogen and oxygen atoms in total. The van der Waals surface area contributed by atoms with Crippen LogP contribution in [0.5, 0.6) is 0 Å². The summed E-state index contributed by atoms with van der Waals surface area (Å²) in [6.45, 7) is 6.56. The molecule has 0 amide bonds. The van der Waals surface area contributed by atoms with E-state index in [0.717, 1.165) is 70.6 Å². The molecule has 0 N–H and O–H groups in total. The first-order chi connectivity index (χ1) is 34.0. The maximum Gasteiger partial charge on any atom is 0.306 e. The number of allylic oxidation sites excluding steroid dienone is 6. The van der Waals surface area contributed by atoms with Crippen LogP contribution in [0.25, 0.3) is 0 Å². The third-order valence-electron chi connectivity index (χ3n) is 13.7. The summed E-state index contributed by atoms with van der Waals surface area (Å²) < 4.78 is 16.9. The van der Waals surface area contributed by atoms with E-state index in [1.54, 1.807) is 0 Å². The van der Waals surface area contributed by atoms with E-state index in [2.05, 4.69) is 57.2 Å². The van der Waals surface area contributed by atoms with Crippen molar-refractivity contribution in [1.82, 2.24) is 0 Å². The molecule has 0 bridgehead atoms. The van der Waals surface area contributed by atoms with E-state index in [1.165, 1.54) is 218 Å². The van der Waals surface area contributed by atoms with Crippen molar-refractivity contribution in [1.29, 1.82) is 0 Å². The van der Waals surface area contributed by atoms with Crippen LogP contribution in [0.2, 0.25) is 0 Å². The van der Waals surface area contributed by atoms with Crippen LogP contribution in [0.3, 0.4) is 0 Å². The fourth-order valence-electron chi connectivity index (χ4n) is 9.15. The van der Waals surface area contributed by atoms with Crippen LogP contribution in [-0.4, -0.2) is 37.2 Å². The molecule has 0 fully saturated rings. The van der Waals surface area contributed by atoms with Gasteiger partial charge in [0.1, 0.15) is 13.2 Å². The molecule has 0 rings (SSSR count). The lowest BCUT2D eigenvalue weighted by Gasteiger charge is -2.18. The molecule has 0 aromatic heterocycles. The molecule has 69 heavy (non-hydrogen) atoms. The molecule has 0 saturated carbocycles. The summed E-state index contributed by atoms with van der Waals surface area (Å²) in [7, 11) is 0. The molecule has 1 atom stereocenters. The first kappa shape index (κ1) is 66.6. The number of carbonyl (C=O) groups excluding carboxylic acids is 3. The molecule has 0 aliphatic heterocycles. The molecule has 0 heterocycles. The van der Waals surface area contributed by atoms with E-state index in [-0.39, 0.29) is 31.1 Å². The largest absolute Gasteiger partial charge is 0.462 e. The van der Waals surface area contributed by atoms with Gasteiger partial charge in [0.05, 0.1) is 0 Å². The third kappa shape index (κ3) is 56.4. The lowest BCUT2D eigenvalue weighted by atomic mass is 10.0. The Morgan fingerprint density at radius 2 is 0.565 bits per heavy atom. The van der Waals surface area contributed by atoms with Crippen molar-refractivity contribution in [2.45, 2.75) is 335 Å². The number of carbonyl (C=O) groups is 3. The van der Waals surface area contributed by atoms with Gasteiger partial charge in [0.2, 0.25) is 0 Å². The molecule has 0 spiro atoms. The molecule has 1 unspecified atom stereocenters. The van der Waals surface area contributed by atoms with Crippen LogP contribution in [0.1, 0.15) is 329 Å². The van der Waals surface area contributed by atoms with Gasteiger partial charge in [-0.25, -0.2) is 0 Å². The lowest BCUT2D eigenvalue weighted by Crippen LogP contribution is -2.30. The second kappa shape index (κ2) is 58.2. The smallest absolute Gasteiger partial charge is 0.306 e. The van der Waals surface area contributed by atoms with Crippen molar-refractivity contribution in [2.24, 2.45) is 0 Å². The average molecular weight is 970 g/mol. The Hall–Kier alpha value is -2.37. The van der Waals surface area contributed by atoms with Gasteiger partial charge in [-0.05, 0) is 38.5 Å². The molecule has 6 heteroatoms. The van der Waals surface area contributed by atoms with Crippen LogP contribution in [0.4, 0.5) is 0 Å². The zero-order valence-electron chi connectivity index (χ0n) is 46.3. The van der Waals surface area contributed by atoms with Gasteiger partial charge >= 0.3 is 17.9 Å².